The van der Waals surface area contributed by atoms with Gasteiger partial charge in [-0.2, -0.15) is 4.99 Å². The summed E-state index contributed by atoms with van der Waals surface area (Å²) in [5, 5.41) is 3.99. The molecule has 0 spiro atoms. The summed E-state index contributed by atoms with van der Waals surface area (Å²) in [6.45, 7) is 7.45. The van der Waals surface area contributed by atoms with Gasteiger partial charge >= 0.3 is 0 Å². The number of hydrogen-bond acceptors (Lipinski definition) is 6. The number of rotatable bonds is 7. The molecule has 0 aliphatic heterocycles. The van der Waals surface area contributed by atoms with Crippen molar-refractivity contribution in [3.8, 4) is 0 Å². The van der Waals surface area contributed by atoms with E-state index < -0.39 is 0 Å². The number of hydrazine groups is 1. The summed E-state index contributed by atoms with van der Waals surface area (Å²) in [7, 11) is 3.84. The zero-order valence-electron chi connectivity index (χ0n) is 16.0. The fraction of sp³-hybridized carbons (Fsp3) is 0.389. The summed E-state index contributed by atoms with van der Waals surface area (Å²) < 4.78 is 1.90. The van der Waals surface area contributed by atoms with Crippen molar-refractivity contribution in [2.75, 3.05) is 25.5 Å². The molecule has 0 radical (unpaired) electrons. The summed E-state index contributed by atoms with van der Waals surface area (Å²) in [6.07, 6.45) is 0. The molecule has 2 aromatic rings. The minimum Gasteiger partial charge on any atom is -0.388 e. The van der Waals surface area contributed by atoms with Crippen LogP contribution in [0.4, 0.5) is 11.6 Å². The lowest BCUT2D eigenvalue weighted by Gasteiger charge is -2.10. The van der Waals surface area contributed by atoms with E-state index in [0.717, 1.165) is 33.5 Å². The smallest absolute Gasteiger partial charge is 0.233 e. The Hall–Kier alpha value is -2.32. The Labute approximate surface area is 159 Å². The molecule has 0 saturated carbocycles. The van der Waals surface area contributed by atoms with Gasteiger partial charge in [0.2, 0.25) is 5.95 Å². The number of aliphatic imine (C=N–C) groups is 1. The molecule has 26 heavy (non-hydrogen) atoms. The maximum atomic E-state index is 4.70. The van der Waals surface area contributed by atoms with Crippen molar-refractivity contribution < 1.29 is 0 Å². The van der Waals surface area contributed by atoms with E-state index in [2.05, 4.69) is 38.3 Å². The van der Waals surface area contributed by atoms with Gasteiger partial charge in [-0.25, -0.2) is 10.4 Å². The van der Waals surface area contributed by atoms with Crippen LogP contribution in [0.3, 0.4) is 0 Å². The molecule has 1 heterocycles. The normalized spacial score (nSPS) is 12.3. The third-order valence-corrected chi connectivity index (χ3v) is 4.43. The standard InChI is InChI=1S/C18H27N7S/c1-6-20-16-12-17(26-15-10-8-14(19-4)9-11-15)23-18(25(16)5)22-13(3)24-21-7-2/h8-12,19,21H,6-7H2,1-5H3,(H,22,23,24). The SMILES string of the molecule is CCN=c1cc(Sc2ccc(NC)cc2)nc(/N=C(\C)NNCC)n1C. The highest BCUT2D eigenvalue weighted by Gasteiger charge is 2.07. The van der Waals surface area contributed by atoms with Gasteiger partial charge in [-0.15, -0.1) is 0 Å². The molecule has 1 aromatic carbocycles. The summed E-state index contributed by atoms with van der Waals surface area (Å²) in [5.41, 5.74) is 8.02. The number of nitrogens with one attached hydrogen (secondary N) is 3. The monoisotopic (exact) mass is 373 g/mol. The van der Waals surface area contributed by atoms with Crippen molar-refractivity contribution in [3.63, 3.8) is 0 Å². The van der Waals surface area contributed by atoms with Crippen LogP contribution in [0.25, 0.3) is 0 Å². The molecule has 3 N–H and O–H groups in total. The molecule has 0 bridgehead atoms. The van der Waals surface area contributed by atoms with Crippen LogP contribution in [0.1, 0.15) is 20.8 Å². The number of nitrogens with zero attached hydrogens (tertiary/aromatic N) is 4. The zero-order chi connectivity index (χ0) is 18.9. The minimum atomic E-state index is 0.608. The van der Waals surface area contributed by atoms with E-state index in [1.54, 1.807) is 11.8 Å². The van der Waals surface area contributed by atoms with Gasteiger partial charge in [0.05, 0.1) is 0 Å². The lowest BCUT2D eigenvalue weighted by molar-refractivity contribution is 0.679. The van der Waals surface area contributed by atoms with E-state index in [0.29, 0.717) is 12.5 Å². The van der Waals surface area contributed by atoms with Crippen LogP contribution in [0, 0.1) is 0 Å². The van der Waals surface area contributed by atoms with Crippen molar-refractivity contribution in [2.24, 2.45) is 17.0 Å². The summed E-state index contributed by atoms with van der Waals surface area (Å²) in [5.74, 6) is 1.36. The molecular formula is C18H27N7S. The number of benzene rings is 1. The van der Waals surface area contributed by atoms with Crippen LogP contribution < -0.4 is 21.7 Å². The highest BCUT2D eigenvalue weighted by molar-refractivity contribution is 7.99. The topological polar surface area (TPSA) is 78.6 Å². The highest BCUT2D eigenvalue weighted by atomic mass is 32.2. The van der Waals surface area contributed by atoms with Gasteiger partial charge in [0.15, 0.2) is 0 Å². The molecule has 2 rings (SSSR count). The molecule has 0 aliphatic rings. The second kappa shape index (κ2) is 9.98. The van der Waals surface area contributed by atoms with Crippen molar-refractivity contribution in [1.29, 1.82) is 0 Å². The third kappa shape index (κ3) is 5.60. The maximum Gasteiger partial charge on any atom is 0.233 e. The Balaban J connectivity index is 2.37. The number of hydrogen-bond donors (Lipinski definition) is 3. The molecule has 0 fully saturated rings. The van der Waals surface area contributed by atoms with Gasteiger partial charge in [-0.3, -0.25) is 9.56 Å². The van der Waals surface area contributed by atoms with Gasteiger partial charge in [0.25, 0.3) is 0 Å². The first-order chi connectivity index (χ1) is 12.6. The quantitative estimate of drug-likeness (QED) is 0.301. The number of amidine groups is 1. The van der Waals surface area contributed by atoms with Crippen LogP contribution in [0.15, 0.2) is 50.2 Å². The lowest BCUT2D eigenvalue weighted by atomic mass is 10.3. The minimum absolute atomic E-state index is 0.608. The van der Waals surface area contributed by atoms with E-state index >= 15 is 0 Å². The van der Waals surface area contributed by atoms with E-state index in [9.17, 15) is 0 Å². The van der Waals surface area contributed by atoms with Gasteiger partial charge in [-0.1, -0.05) is 18.7 Å². The predicted octanol–water partition coefficient (Wildman–Crippen LogP) is 2.70. The lowest BCUT2D eigenvalue weighted by Crippen LogP contribution is -2.35. The molecule has 0 atom stereocenters. The third-order valence-electron chi connectivity index (χ3n) is 3.51. The summed E-state index contributed by atoms with van der Waals surface area (Å²) in [6, 6.07) is 10.2. The maximum absolute atomic E-state index is 4.70. The molecule has 140 valence electrons. The molecule has 7 nitrogen and oxygen atoms in total. The van der Waals surface area contributed by atoms with E-state index in [1.165, 1.54) is 0 Å². The summed E-state index contributed by atoms with van der Waals surface area (Å²) in [4.78, 5) is 15.0. The Morgan fingerprint density at radius 3 is 2.58 bits per heavy atom. The number of aromatic nitrogens is 2. The molecule has 0 saturated heterocycles. The molecule has 0 aliphatic carbocycles. The fourth-order valence-electron chi connectivity index (χ4n) is 2.19. The van der Waals surface area contributed by atoms with Gasteiger partial charge < -0.3 is 10.7 Å². The average Bonchev–Trinajstić information content (AvgIpc) is 2.64. The second-order valence-electron chi connectivity index (χ2n) is 5.51. The van der Waals surface area contributed by atoms with Crippen LogP contribution >= 0.6 is 11.8 Å². The number of anilines is 1. The van der Waals surface area contributed by atoms with Crippen molar-refractivity contribution in [3.05, 3.63) is 35.8 Å². The fourth-order valence-corrected chi connectivity index (χ4v) is 2.99. The van der Waals surface area contributed by atoms with E-state index in [-0.39, 0.29) is 0 Å². The Morgan fingerprint density at radius 2 is 1.96 bits per heavy atom. The molecule has 0 unspecified atom stereocenters. The molecule has 8 heteroatoms. The first-order valence-corrected chi connectivity index (χ1v) is 9.47. The Kier molecular flexibility index (Phi) is 7.68. The Bertz CT molecular complexity index is 809. The highest BCUT2D eigenvalue weighted by Crippen LogP contribution is 2.27. The van der Waals surface area contributed by atoms with Crippen molar-refractivity contribution >= 4 is 29.2 Å². The van der Waals surface area contributed by atoms with Gasteiger partial charge in [-0.05, 0) is 38.1 Å². The zero-order valence-corrected chi connectivity index (χ0v) is 16.8. The molecule has 0 amide bonds. The van der Waals surface area contributed by atoms with Crippen LogP contribution in [-0.2, 0) is 7.05 Å². The van der Waals surface area contributed by atoms with Gasteiger partial charge in [0.1, 0.15) is 16.3 Å². The van der Waals surface area contributed by atoms with Crippen LogP contribution in [-0.4, -0.2) is 35.5 Å². The molecular weight excluding hydrogens is 346 g/mol. The van der Waals surface area contributed by atoms with E-state index in [1.807, 2.05) is 57.6 Å². The van der Waals surface area contributed by atoms with Crippen molar-refractivity contribution in [2.45, 2.75) is 30.7 Å². The van der Waals surface area contributed by atoms with Gasteiger partial charge in [0, 0.05) is 43.8 Å². The first kappa shape index (κ1) is 20.0. The average molecular weight is 374 g/mol. The van der Waals surface area contributed by atoms with Crippen molar-refractivity contribution in [1.82, 2.24) is 20.4 Å². The predicted molar refractivity (Wildman–Crippen MR) is 109 cm³/mol. The Morgan fingerprint density at radius 1 is 1.23 bits per heavy atom. The molecule has 1 aromatic heterocycles. The largest absolute Gasteiger partial charge is 0.388 e. The van der Waals surface area contributed by atoms with Crippen LogP contribution in [0.5, 0.6) is 0 Å². The summed E-state index contributed by atoms with van der Waals surface area (Å²) >= 11 is 1.60. The van der Waals surface area contributed by atoms with Crippen LogP contribution in [0.2, 0.25) is 0 Å². The first-order valence-electron chi connectivity index (χ1n) is 8.65. The second-order valence-corrected chi connectivity index (χ2v) is 6.61. The van der Waals surface area contributed by atoms with E-state index in [4.69, 9.17) is 4.98 Å².